The molecule has 1 atom stereocenters. The fraction of sp³-hybridized carbons (Fsp3) is 0.647. The lowest BCUT2D eigenvalue weighted by atomic mass is 10.0. The predicted molar refractivity (Wildman–Crippen MR) is 93.5 cm³/mol. The van der Waals surface area contributed by atoms with E-state index in [0.717, 1.165) is 18.7 Å². The number of benzene rings is 1. The maximum Gasteiger partial charge on any atom is 0.172 e. The van der Waals surface area contributed by atoms with Crippen LogP contribution in [-0.4, -0.2) is 42.8 Å². The minimum absolute atomic E-state index is 0.156. The third-order valence-corrected chi connectivity index (χ3v) is 4.97. The SMILES string of the molecule is COc1cc(CNCC(C(C)C)N2CCCC2)cc(Br)c1O. The highest BCUT2D eigenvalue weighted by atomic mass is 79.9. The second-order valence-corrected chi connectivity index (χ2v) is 7.17. The van der Waals surface area contributed by atoms with Crippen LogP contribution in [0.5, 0.6) is 11.5 Å². The van der Waals surface area contributed by atoms with E-state index in [2.05, 4.69) is 40.0 Å². The molecule has 0 saturated carbocycles. The number of phenolic OH excluding ortho intramolecular Hbond substituents is 1. The monoisotopic (exact) mass is 370 g/mol. The molecule has 124 valence electrons. The molecule has 0 radical (unpaired) electrons. The largest absolute Gasteiger partial charge is 0.503 e. The summed E-state index contributed by atoms with van der Waals surface area (Å²) in [6, 6.07) is 4.41. The Morgan fingerprint density at radius 3 is 2.59 bits per heavy atom. The Morgan fingerprint density at radius 2 is 2.00 bits per heavy atom. The van der Waals surface area contributed by atoms with Crippen molar-refractivity contribution in [2.24, 2.45) is 5.92 Å². The fourth-order valence-corrected chi connectivity index (χ4v) is 3.60. The van der Waals surface area contributed by atoms with Gasteiger partial charge in [0.25, 0.3) is 0 Å². The third kappa shape index (κ3) is 4.37. The van der Waals surface area contributed by atoms with Gasteiger partial charge in [0.1, 0.15) is 0 Å². The van der Waals surface area contributed by atoms with Crippen molar-refractivity contribution in [2.75, 3.05) is 26.7 Å². The van der Waals surface area contributed by atoms with Crippen LogP contribution >= 0.6 is 15.9 Å². The Kier molecular flexibility index (Phi) is 6.53. The van der Waals surface area contributed by atoms with Crippen molar-refractivity contribution in [3.05, 3.63) is 22.2 Å². The molecule has 1 aliphatic heterocycles. The summed E-state index contributed by atoms with van der Waals surface area (Å²) in [5.41, 5.74) is 1.10. The molecular weight excluding hydrogens is 344 g/mol. The van der Waals surface area contributed by atoms with Gasteiger partial charge in [0, 0.05) is 19.1 Å². The standard InChI is InChI=1S/C17H27BrN2O2/c1-12(2)15(20-6-4-5-7-20)11-19-10-13-8-14(18)17(21)16(9-13)22-3/h8-9,12,15,19,21H,4-7,10-11H2,1-3H3. The molecule has 5 heteroatoms. The van der Waals surface area contributed by atoms with E-state index in [0.29, 0.717) is 22.2 Å². The number of aromatic hydroxyl groups is 1. The summed E-state index contributed by atoms with van der Waals surface area (Å²) in [6.45, 7) is 8.80. The van der Waals surface area contributed by atoms with Gasteiger partial charge in [-0.25, -0.2) is 0 Å². The number of halogens is 1. The van der Waals surface area contributed by atoms with Crippen molar-refractivity contribution in [1.82, 2.24) is 10.2 Å². The number of methoxy groups -OCH3 is 1. The Balaban J connectivity index is 1.93. The van der Waals surface area contributed by atoms with E-state index in [1.165, 1.54) is 25.9 Å². The predicted octanol–water partition coefficient (Wildman–Crippen LogP) is 3.37. The molecule has 2 rings (SSSR count). The highest BCUT2D eigenvalue weighted by Gasteiger charge is 2.24. The van der Waals surface area contributed by atoms with Gasteiger partial charge in [-0.3, -0.25) is 4.90 Å². The topological polar surface area (TPSA) is 44.7 Å². The van der Waals surface area contributed by atoms with Gasteiger partial charge >= 0.3 is 0 Å². The molecule has 0 bridgehead atoms. The van der Waals surface area contributed by atoms with E-state index in [9.17, 15) is 5.11 Å². The van der Waals surface area contributed by atoms with Crippen molar-refractivity contribution >= 4 is 15.9 Å². The molecule has 0 aromatic heterocycles. The summed E-state index contributed by atoms with van der Waals surface area (Å²) in [7, 11) is 1.57. The normalized spacial score (nSPS) is 17.1. The Bertz CT molecular complexity index is 488. The lowest BCUT2D eigenvalue weighted by Crippen LogP contribution is -2.44. The summed E-state index contributed by atoms with van der Waals surface area (Å²) in [6.07, 6.45) is 2.65. The Morgan fingerprint density at radius 1 is 1.32 bits per heavy atom. The molecule has 1 fully saturated rings. The number of hydrogen-bond acceptors (Lipinski definition) is 4. The summed E-state index contributed by atoms with van der Waals surface area (Å²) >= 11 is 3.37. The fourth-order valence-electron chi connectivity index (χ4n) is 3.11. The molecule has 1 unspecified atom stereocenters. The van der Waals surface area contributed by atoms with Crippen LogP contribution < -0.4 is 10.1 Å². The van der Waals surface area contributed by atoms with E-state index in [4.69, 9.17) is 4.74 Å². The highest BCUT2D eigenvalue weighted by molar-refractivity contribution is 9.10. The zero-order valence-corrected chi connectivity index (χ0v) is 15.3. The van der Waals surface area contributed by atoms with Gasteiger partial charge in [0.15, 0.2) is 11.5 Å². The van der Waals surface area contributed by atoms with Crippen LogP contribution in [0, 0.1) is 5.92 Å². The number of ether oxygens (including phenoxy) is 1. The average molecular weight is 371 g/mol. The second kappa shape index (κ2) is 8.18. The summed E-state index contributed by atoms with van der Waals surface area (Å²) < 4.78 is 5.87. The summed E-state index contributed by atoms with van der Waals surface area (Å²) in [5, 5.41) is 13.4. The molecular formula is C17H27BrN2O2. The van der Waals surface area contributed by atoms with Crippen LogP contribution in [0.3, 0.4) is 0 Å². The van der Waals surface area contributed by atoms with Crippen LogP contribution in [0.2, 0.25) is 0 Å². The Hall–Kier alpha value is -0.780. The van der Waals surface area contributed by atoms with Crippen molar-refractivity contribution < 1.29 is 9.84 Å². The molecule has 1 aromatic carbocycles. The van der Waals surface area contributed by atoms with Gasteiger partial charge in [-0.15, -0.1) is 0 Å². The number of rotatable bonds is 7. The van der Waals surface area contributed by atoms with Crippen LogP contribution in [0.1, 0.15) is 32.3 Å². The van der Waals surface area contributed by atoms with Crippen molar-refractivity contribution in [2.45, 2.75) is 39.3 Å². The van der Waals surface area contributed by atoms with Gasteiger partial charge in [-0.05, 0) is 65.5 Å². The first-order valence-corrected chi connectivity index (χ1v) is 8.82. The lowest BCUT2D eigenvalue weighted by molar-refractivity contribution is 0.186. The van der Waals surface area contributed by atoms with Gasteiger partial charge < -0.3 is 15.2 Å². The van der Waals surface area contributed by atoms with Gasteiger partial charge in [-0.2, -0.15) is 0 Å². The van der Waals surface area contributed by atoms with Gasteiger partial charge in [0.2, 0.25) is 0 Å². The molecule has 0 spiro atoms. The summed E-state index contributed by atoms with van der Waals surface area (Å²) in [4.78, 5) is 2.60. The van der Waals surface area contributed by atoms with E-state index >= 15 is 0 Å². The van der Waals surface area contributed by atoms with Crippen LogP contribution in [-0.2, 0) is 6.54 Å². The first-order valence-electron chi connectivity index (χ1n) is 8.03. The van der Waals surface area contributed by atoms with E-state index < -0.39 is 0 Å². The van der Waals surface area contributed by atoms with E-state index in [1.807, 2.05) is 12.1 Å². The van der Waals surface area contributed by atoms with Gasteiger partial charge in [-0.1, -0.05) is 13.8 Å². The van der Waals surface area contributed by atoms with Crippen LogP contribution in [0.4, 0.5) is 0 Å². The average Bonchev–Trinajstić information content (AvgIpc) is 3.00. The first-order chi connectivity index (χ1) is 10.5. The zero-order chi connectivity index (χ0) is 16.1. The van der Waals surface area contributed by atoms with E-state index in [-0.39, 0.29) is 5.75 Å². The third-order valence-electron chi connectivity index (χ3n) is 4.37. The molecule has 0 amide bonds. The number of phenols is 1. The zero-order valence-electron chi connectivity index (χ0n) is 13.7. The maximum atomic E-state index is 9.85. The lowest BCUT2D eigenvalue weighted by Gasteiger charge is -2.31. The minimum atomic E-state index is 0.156. The second-order valence-electron chi connectivity index (χ2n) is 6.31. The summed E-state index contributed by atoms with van der Waals surface area (Å²) in [5.74, 6) is 1.31. The Labute approximate surface area is 142 Å². The molecule has 1 heterocycles. The quantitative estimate of drug-likeness (QED) is 0.772. The van der Waals surface area contributed by atoms with Crippen LogP contribution in [0.15, 0.2) is 16.6 Å². The maximum absolute atomic E-state index is 9.85. The first kappa shape index (κ1) is 17.6. The molecule has 22 heavy (non-hydrogen) atoms. The minimum Gasteiger partial charge on any atom is -0.503 e. The molecule has 2 N–H and O–H groups in total. The molecule has 1 saturated heterocycles. The molecule has 1 aliphatic rings. The van der Waals surface area contributed by atoms with Crippen molar-refractivity contribution in [3.8, 4) is 11.5 Å². The number of hydrogen-bond donors (Lipinski definition) is 2. The number of likely N-dealkylation sites (tertiary alicyclic amines) is 1. The molecule has 4 nitrogen and oxygen atoms in total. The van der Waals surface area contributed by atoms with Crippen molar-refractivity contribution in [1.29, 1.82) is 0 Å². The van der Waals surface area contributed by atoms with Crippen molar-refractivity contribution in [3.63, 3.8) is 0 Å². The number of nitrogens with one attached hydrogen (secondary N) is 1. The van der Waals surface area contributed by atoms with Gasteiger partial charge in [0.05, 0.1) is 11.6 Å². The van der Waals surface area contributed by atoms with E-state index in [1.54, 1.807) is 7.11 Å². The molecule has 1 aromatic rings. The smallest absolute Gasteiger partial charge is 0.172 e. The van der Waals surface area contributed by atoms with Crippen LogP contribution in [0.25, 0.3) is 0 Å². The molecule has 0 aliphatic carbocycles. The highest BCUT2D eigenvalue weighted by Crippen LogP contribution is 2.35. The number of nitrogens with zero attached hydrogens (tertiary/aromatic N) is 1.